The van der Waals surface area contributed by atoms with Crippen LogP contribution in [0.3, 0.4) is 0 Å². The smallest absolute Gasteiger partial charge is 0.345 e. The lowest BCUT2D eigenvalue weighted by atomic mass is 10.1. The molecule has 2 heterocycles. The van der Waals surface area contributed by atoms with Crippen molar-refractivity contribution >= 4 is 45.7 Å². The molecule has 0 aliphatic carbocycles. The molecule has 2 aromatic carbocycles. The van der Waals surface area contributed by atoms with Gasteiger partial charge in [0.25, 0.3) is 0 Å². The molecule has 1 unspecified atom stereocenters. The Labute approximate surface area is 183 Å². The number of hydrogen-bond acceptors (Lipinski definition) is 7. The molecule has 4 rings (SSSR count). The topological polar surface area (TPSA) is 66.7 Å². The van der Waals surface area contributed by atoms with Crippen molar-refractivity contribution in [1.29, 1.82) is 0 Å². The number of halogens is 1. The second-order valence-corrected chi connectivity index (χ2v) is 8.48. The van der Waals surface area contributed by atoms with Gasteiger partial charge in [-0.1, -0.05) is 47.6 Å². The zero-order chi connectivity index (χ0) is 21.1. The second-order valence-electron chi connectivity index (χ2n) is 7.09. The van der Waals surface area contributed by atoms with Gasteiger partial charge in [-0.15, -0.1) is 0 Å². The van der Waals surface area contributed by atoms with Crippen molar-refractivity contribution in [3.63, 3.8) is 0 Å². The Morgan fingerprint density at radius 2 is 2.07 bits per heavy atom. The summed E-state index contributed by atoms with van der Waals surface area (Å²) >= 11 is 7.67. The molecule has 0 bridgehead atoms. The van der Waals surface area contributed by atoms with E-state index in [1.54, 1.807) is 23.9 Å². The van der Waals surface area contributed by atoms with Crippen molar-refractivity contribution in [2.45, 2.75) is 5.50 Å². The van der Waals surface area contributed by atoms with E-state index in [1.165, 1.54) is 0 Å². The van der Waals surface area contributed by atoms with Crippen LogP contribution in [0.2, 0.25) is 5.02 Å². The lowest BCUT2D eigenvalue weighted by Gasteiger charge is -2.19. The summed E-state index contributed by atoms with van der Waals surface area (Å²) < 4.78 is 11.4. The number of anilines is 1. The summed E-state index contributed by atoms with van der Waals surface area (Å²) in [7, 11) is 4.02. The highest BCUT2D eigenvalue weighted by molar-refractivity contribution is 8.03. The SMILES string of the molecule is CN(C)CCOc1ccccc1NC1NC(c2cc3cccc(Cl)c3oc2=O)=CS1. The van der Waals surface area contributed by atoms with E-state index in [2.05, 4.69) is 15.5 Å². The van der Waals surface area contributed by atoms with Crippen molar-refractivity contribution in [3.8, 4) is 5.75 Å². The van der Waals surface area contributed by atoms with E-state index in [9.17, 15) is 4.79 Å². The Kier molecular flexibility index (Phi) is 6.22. The van der Waals surface area contributed by atoms with Crippen molar-refractivity contribution in [2.24, 2.45) is 0 Å². The van der Waals surface area contributed by atoms with E-state index in [4.69, 9.17) is 20.8 Å². The normalized spacial score (nSPS) is 15.9. The first kappa shape index (κ1) is 20.7. The molecule has 0 saturated carbocycles. The maximum absolute atomic E-state index is 12.5. The van der Waals surface area contributed by atoms with Gasteiger partial charge in [0.05, 0.1) is 22.0 Å². The van der Waals surface area contributed by atoms with Crippen LogP contribution in [-0.4, -0.2) is 37.6 Å². The van der Waals surface area contributed by atoms with Gasteiger partial charge in [-0.3, -0.25) is 0 Å². The van der Waals surface area contributed by atoms with Gasteiger partial charge in [-0.2, -0.15) is 0 Å². The minimum Gasteiger partial charge on any atom is -0.490 e. The maximum atomic E-state index is 12.5. The zero-order valence-corrected chi connectivity index (χ0v) is 18.2. The number of fused-ring (bicyclic) bond motifs is 1. The standard InChI is InChI=1S/C22H22ClN3O3S/c1-26(2)10-11-28-19-9-4-3-8-17(19)24-22-25-18(13-30-22)15-12-14-6-5-7-16(23)20(14)29-21(15)27/h3-9,12-13,22,24-25H,10-11H2,1-2H3. The fourth-order valence-electron chi connectivity index (χ4n) is 3.04. The average Bonchev–Trinajstić information content (AvgIpc) is 3.17. The van der Waals surface area contributed by atoms with Gasteiger partial charge >= 0.3 is 5.63 Å². The number of nitrogens with zero attached hydrogens (tertiary/aromatic N) is 1. The van der Waals surface area contributed by atoms with Crippen LogP contribution in [0.25, 0.3) is 16.7 Å². The summed E-state index contributed by atoms with van der Waals surface area (Å²) in [6.45, 7) is 1.43. The summed E-state index contributed by atoms with van der Waals surface area (Å²) in [5.41, 5.74) is 1.89. The second kappa shape index (κ2) is 9.04. The molecule has 0 fully saturated rings. The highest BCUT2D eigenvalue weighted by Crippen LogP contribution is 2.32. The number of para-hydroxylation sites is 3. The summed E-state index contributed by atoms with van der Waals surface area (Å²) in [5, 5.41) is 9.87. The van der Waals surface area contributed by atoms with Crippen molar-refractivity contribution < 1.29 is 9.15 Å². The number of rotatable bonds is 7. The third kappa shape index (κ3) is 4.59. The molecular weight excluding hydrogens is 422 g/mol. The molecule has 1 aliphatic rings. The molecule has 2 N–H and O–H groups in total. The van der Waals surface area contributed by atoms with Crippen LogP contribution in [0.5, 0.6) is 5.75 Å². The van der Waals surface area contributed by atoms with E-state index in [-0.39, 0.29) is 5.50 Å². The highest BCUT2D eigenvalue weighted by Gasteiger charge is 2.22. The first-order valence-corrected chi connectivity index (χ1v) is 10.8. The Hall–Kier alpha value is -2.61. The minimum absolute atomic E-state index is 0.145. The predicted octanol–water partition coefficient (Wildman–Crippen LogP) is 4.42. The molecule has 0 radical (unpaired) electrons. The lowest BCUT2D eigenvalue weighted by molar-refractivity contribution is 0.262. The number of hydrogen-bond donors (Lipinski definition) is 2. The highest BCUT2D eigenvalue weighted by atomic mass is 35.5. The summed E-state index contributed by atoms with van der Waals surface area (Å²) in [6, 6.07) is 15.0. The van der Waals surface area contributed by atoms with Gasteiger partial charge in [-0.05, 0) is 43.8 Å². The van der Waals surface area contributed by atoms with Gasteiger partial charge in [-0.25, -0.2) is 4.79 Å². The number of nitrogens with one attached hydrogen (secondary N) is 2. The van der Waals surface area contributed by atoms with Crippen LogP contribution in [0.4, 0.5) is 5.69 Å². The summed E-state index contributed by atoms with van der Waals surface area (Å²) in [4.78, 5) is 14.6. The monoisotopic (exact) mass is 443 g/mol. The molecule has 1 aliphatic heterocycles. The Morgan fingerprint density at radius 3 is 2.90 bits per heavy atom. The molecule has 6 nitrogen and oxygen atoms in total. The van der Waals surface area contributed by atoms with Crippen molar-refractivity contribution in [3.05, 3.63) is 74.9 Å². The predicted molar refractivity (Wildman–Crippen MR) is 124 cm³/mol. The third-order valence-electron chi connectivity index (χ3n) is 4.58. The van der Waals surface area contributed by atoms with Crippen LogP contribution in [-0.2, 0) is 0 Å². The maximum Gasteiger partial charge on any atom is 0.345 e. The molecule has 156 valence electrons. The molecule has 8 heteroatoms. The molecule has 30 heavy (non-hydrogen) atoms. The fourth-order valence-corrected chi connectivity index (χ4v) is 4.12. The Bertz CT molecular complexity index is 1150. The third-order valence-corrected chi connectivity index (χ3v) is 5.76. The number of benzene rings is 2. The average molecular weight is 444 g/mol. The van der Waals surface area contributed by atoms with Crippen LogP contribution >= 0.6 is 23.4 Å². The minimum atomic E-state index is -0.428. The van der Waals surface area contributed by atoms with Gasteiger partial charge in [0.1, 0.15) is 17.9 Å². The van der Waals surface area contributed by atoms with Crippen LogP contribution in [0.1, 0.15) is 5.56 Å². The van der Waals surface area contributed by atoms with Gasteiger partial charge in [0.15, 0.2) is 5.58 Å². The lowest BCUT2D eigenvalue weighted by Crippen LogP contribution is -2.29. The van der Waals surface area contributed by atoms with E-state index in [1.807, 2.05) is 55.9 Å². The zero-order valence-electron chi connectivity index (χ0n) is 16.6. The fraction of sp³-hybridized carbons (Fsp3) is 0.227. The molecule has 0 amide bonds. The van der Waals surface area contributed by atoms with Gasteiger partial charge in [0.2, 0.25) is 0 Å². The van der Waals surface area contributed by atoms with Crippen LogP contribution in [0.15, 0.2) is 63.2 Å². The molecule has 0 spiro atoms. The molecule has 3 aromatic rings. The van der Waals surface area contributed by atoms with Crippen molar-refractivity contribution in [2.75, 3.05) is 32.6 Å². The molecule has 1 aromatic heterocycles. The number of likely N-dealkylation sites (N-methyl/N-ethyl adjacent to an activating group) is 1. The number of thioether (sulfide) groups is 1. The van der Waals surface area contributed by atoms with Crippen molar-refractivity contribution in [1.82, 2.24) is 10.2 Å². The first-order valence-electron chi connectivity index (χ1n) is 9.49. The van der Waals surface area contributed by atoms with Gasteiger partial charge < -0.3 is 24.7 Å². The summed E-state index contributed by atoms with van der Waals surface area (Å²) in [6.07, 6.45) is 0. The van der Waals surface area contributed by atoms with Crippen LogP contribution in [0, 0.1) is 0 Å². The van der Waals surface area contributed by atoms with E-state index >= 15 is 0 Å². The molecule has 0 saturated heterocycles. The molecular formula is C22H22ClN3O3S. The molecule has 1 atom stereocenters. The summed E-state index contributed by atoms with van der Waals surface area (Å²) in [5.74, 6) is 0.787. The van der Waals surface area contributed by atoms with Gasteiger partial charge in [0, 0.05) is 11.9 Å². The Morgan fingerprint density at radius 1 is 1.23 bits per heavy atom. The largest absolute Gasteiger partial charge is 0.490 e. The van der Waals surface area contributed by atoms with E-state index in [0.717, 1.165) is 23.4 Å². The van der Waals surface area contributed by atoms with E-state index in [0.29, 0.717) is 28.5 Å². The Balaban J connectivity index is 1.47. The quantitative estimate of drug-likeness (QED) is 0.524. The number of ether oxygens (including phenoxy) is 1. The van der Waals surface area contributed by atoms with E-state index < -0.39 is 5.63 Å². The first-order chi connectivity index (χ1) is 14.5. The van der Waals surface area contributed by atoms with Crippen LogP contribution < -0.4 is 21.0 Å².